The second-order valence-corrected chi connectivity index (χ2v) is 6.63. The van der Waals surface area contributed by atoms with E-state index in [1.165, 1.54) is 11.0 Å². The van der Waals surface area contributed by atoms with E-state index >= 15 is 0 Å². The lowest BCUT2D eigenvalue weighted by Crippen LogP contribution is -2.44. The lowest BCUT2D eigenvalue weighted by molar-refractivity contribution is -0.127. The predicted molar refractivity (Wildman–Crippen MR) is 120 cm³/mol. The monoisotopic (exact) mass is 507 g/mol. The van der Waals surface area contributed by atoms with Gasteiger partial charge in [0.25, 0.3) is 0 Å². The Labute approximate surface area is 183 Å². The number of hydrogen-bond donors (Lipinski definition) is 2. The molecule has 1 amide bonds. The van der Waals surface area contributed by atoms with Gasteiger partial charge in [-0.05, 0) is 19.0 Å². The summed E-state index contributed by atoms with van der Waals surface area (Å²) in [5.74, 6) is 0.177. The minimum atomic E-state index is -0.280. The highest BCUT2D eigenvalue weighted by molar-refractivity contribution is 14.0. The molecule has 1 saturated heterocycles. The highest BCUT2D eigenvalue weighted by Crippen LogP contribution is 2.07. The quantitative estimate of drug-likeness (QED) is 0.240. The van der Waals surface area contributed by atoms with E-state index in [9.17, 15) is 9.18 Å². The number of ether oxygens (including phenoxy) is 1. The molecule has 1 aliphatic heterocycles. The minimum Gasteiger partial charge on any atom is -0.379 e. The van der Waals surface area contributed by atoms with Gasteiger partial charge in [-0.3, -0.25) is 9.69 Å². The number of aliphatic imine (C=N–C) groups is 1. The Balaban J connectivity index is 0.00000392. The molecule has 0 aromatic heterocycles. The van der Waals surface area contributed by atoms with Gasteiger partial charge in [-0.15, -0.1) is 24.0 Å². The van der Waals surface area contributed by atoms with E-state index in [-0.39, 0.29) is 48.8 Å². The Morgan fingerprint density at radius 2 is 1.96 bits per heavy atom. The Morgan fingerprint density at radius 3 is 2.64 bits per heavy atom. The standard InChI is InChI=1S/C19H30FN5O2.HI/c1-24(2)18(26)15-23-19(22-14-16-6-3-4-7-17(16)20)21-8-5-9-25-10-12-27-13-11-25;/h3-4,6-7H,5,8-15H2,1-2H3,(H2,21,22,23);1H. The molecule has 1 heterocycles. The van der Waals surface area contributed by atoms with Gasteiger partial charge < -0.3 is 20.3 Å². The molecule has 1 aromatic rings. The fourth-order valence-corrected chi connectivity index (χ4v) is 2.62. The molecule has 1 fully saturated rings. The SMILES string of the molecule is CN(C)C(=O)CNC(=NCc1ccccc1F)NCCCN1CCOCC1.I. The van der Waals surface area contributed by atoms with Crippen molar-refractivity contribution in [3.05, 3.63) is 35.6 Å². The van der Waals surface area contributed by atoms with Gasteiger partial charge in [-0.1, -0.05) is 18.2 Å². The normalized spacial score (nSPS) is 14.9. The van der Waals surface area contributed by atoms with Crippen molar-refractivity contribution in [3.63, 3.8) is 0 Å². The fraction of sp³-hybridized carbons (Fsp3) is 0.579. The summed E-state index contributed by atoms with van der Waals surface area (Å²) in [6.07, 6.45) is 0.946. The smallest absolute Gasteiger partial charge is 0.241 e. The third-order valence-electron chi connectivity index (χ3n) is 4.32. The number of benzene rings is 1. The van der Waals surface area contributed by atoms with Gasteiger partial charge in [-0.25, -0.2) is 9.38 Å². The van der Waals surface area contributed by atoms with E-state index in [4.69, 9.17) is 4.74 Å². The number of hydrogen-bond acceptors (Lipinski definition) is 4. The summed E-state index contributed by atoms with van der Waals surface area (Å²) in [6, 6.07) is 6.57. The van der Waals surface area contributed by atoms with Crippen LogP contribution < -0.4 is 10.6 Å². The van der Waals surface area contributed by atoms with Gasteiger partial charge in [0, 0.05) is 39.3 Å². The van der Waals surface area contributed by atoms with E-state index < -0.39 is 0 Å². The average Bonchev–Trinajstić information content (AvgIpc) is 2.68. The zero-order chi connectivity index (χ0) is 19.5. The molecule has 0 bridgehead atoms. The number of guanidine groups is 1. The molecule has 0 saturated carbocycles. The number of amides is 1. The Morgan fingerprint density at radius 1 is 1.25 bits per heavy atom. The molecule has 0 aliphatic carbocycles. The van der Waals surface area contributed by atoms with Crippen LogP contribution in [0.4, 0.5) is 4.39 Å². The molecule has 0 atom stereocenters. The first-order valence-corrected chi connectivity index (χ1v) is 9.32. The van der Waals surface area contributed by atoms with Crippen LogP contribution in [-0.2, 0) is 16.1 Å². The van der Waals surface area contributed by atoms with Crippen molar-refractivity contribution in [3.8, 4) is 0 Å². The zero-order valence-electron chi connectivity index (χ0n) is 16.6. The third kappa shape index (κ3) is 9.16. The van der Waals surface area contributed by atoms with E-state index in [1.54, 1.807) is 32.3 Å². The number of carbonyl (C=O) groups excluding carboxylic acids is 1. The second-order valence-electron chi connectivity index (χ2n) is 6.63. The zero-order valence-corrected chi connectivity index (χ0v) is 18.9. The van der Waals surface area contributed by atoms with Crippen LogP contribution in [0.5, 0.6) is 0 Å². The lowest BCUT2D eigenvalue weighted by Gasteiger charge is -2.26. The lowest BCUT2D eigenvalue weighted by atomic mass is 10.2. The summed E-state index contributed by atoms with van der Waals surface area (Å²) in [5, 5.41) is 6.25. The molecule has 28 heavy (non-hydrogen) atoms. The molecule has 0 spiro atoms. The number of nitrogens with one attached hydrogen (secondary N) is 2. The largest absolute Gasteiger partial charge is 0.379 e. The summed E-state index contributed by atoms with van der Waals surface area (Å²) < 4.78 is 19.1. The number of morpholine rings is 1. The van der Waals surface area contributed by atoms with Gasteiger partial charge in [0.05, 0.1) is 26.3 Å². The van der Waals surface area contributed by atoms with Crippen LogP contribution in [0.2, 0.25) is 0 Å². The third-order valence-corrected chi connectivity index (χ3v) is 4.32. The van der Waals surface area contributed by atoms with Crippen molar-refractivity contribution in [1.29, 1.82) is 0 Å². The molecular formula is C19H31FIN5O2. The van der Waals surface area contributed by atoms with Crippen LogP contribution in [0.1, 0.15) is 12.0 Å². The Bertz CT molecular complexity index is 624. The van der Waals surface area contributed by atoms with Crippen molar-refractivity contribution in [1.82, 2.24) is 20.4 Å². The maximum absolute atomic E-state index is 13.8. The Kier molecular flexibility index (Phi) is 12.0. The van der Waals surface area contributed by atoms with Gasteiger partial charge >= 0.3 is 0 Å². The van der Waals surface area contributed by atoms with Crippen LogP contribution in [0.15, 0.2) is 29.3 Å². The van der Waals surface area contributed by atoms with Gasteiger partial charge in [0.15, 0.2) is 5.96 Å². The molecule has 7 nitrogen and oxygen atoms in total. The molecule has 9 heteroatoms. The molecule has 1 aliphatic rings. The molecule has 2 N–H and O–H groups in total. The number of nitrogens with zero attached hydrogens (tertiary/aromatic N) is 3. The molecule has 0 radical (unpaired) electrons. The molecule has 1 aromatic carbocycles. The molecule has 2 rings (SSSR count). The summed E-state index contributed by atoms with van der Waals surface area (Å²) in [7, 11) is 3.41. The van der Waals surface area contributed by atoms with Crippen molar-refractivity contribution < 1.29 is 13.9 Å². The van der Waals surface area contributed by atoms with Crippen LogP contribution >= 0.6 is 24.0 Å². The van der Waals surface area contributed by atoms with E-state index in [0.29, 0.717) is 11.5 Å². The van der Waals surface area contributed by atoms with Crippen LogP contribution in [0.3, 0.4) is 0 Å². The molecule has 0 unspecified atom stereocenters. The topological polar surface area (TPSA) is 69.2 Å². The highest BCUT2D eigenvalue weighted by atomic mass is 127. The second kappa shape index (κ2) is 13.7. The summed E-state index contributed by atoms with van der Waals surface area (Å²) in [5.41, 5.74) is 0.519. The van der Waals surface area contributed by atoms with E-state index in [1.807, 2.05) is 0 Å². The number of halogens is 2. The van der Waals surface area contributed by atoms with Crippen LogP contribution in [0, 0.1) is 5.82 Å². The first-order valence-electron chi connectivity index (χ1n) is 9.32. The maximum atomic E-state index is 13.8. The van der Waals surface area contributed by atoms with Crippen molar-refractivity contribution in [2.45, 2.75) is 13.0 Å². The van der Waals surface area contributed by atoms with Gasteiger partial charge in [0.1, 0.15) is 5.82 Å². The average molecular weight is 507 g/mol. The number of likely N-dealkylation sites (N-methyl/N-ethyl adjacent to an activating group) is 1. The van der Waals surface area contributed by atoms with Crippen LogP contribution in [-0.4, -0.2) is 81.7 Å². The number of rotatable bonds is 8. The highest BCUT2D eigenvalue weighted by Gasteiger charge is 2.10. The Hall–Kier alpha value is -1.46. The fourth-order valence-electron chi connectivity index (χ4n) is 2.62. The molecular weight excluding hydrogens is 476 g/mol. The summed E-state index contributed by atoms with van der Waals surface area (Å²) in [6.45, 7) is 5.55. The first-order chi connectivity index (χ1) is 13.1. The number of carbonyl (C=O) groups is 1. The van der Waals surface area contributed by atoms with Crippen molar-refractivity contribution >= 4 is 35.8 Å². The summed E-state index contributed by atoms with van der Waals surface area (Å²) >= 11 is 0. The van der Waals surface area contributed by atoms with Gasteiger partial charge in [0.2, 0.25) is 5.91 Å². The molecule has 158 valence electrons. The maximum Gasteiger partial charge on any atom is 0.241 e. The van der Waals surface area contributed by atoms with Crippen molar-refractivity contribution in [2.75, 3.05) is 60.0 Å². The van der Waals surface area contributed by atoms with Gasteiger partial charge in [-0.2, -0.15) is 0 Å². The first kappa shape index (κ1) is 24.6. The van der Waals surface area contributed by atoms with E-state index in [2.05, 4.69) is 20.5 Å². The summed E-state index contributed by atoms with van der Waals surface area (Å²) in [4.78, 5) is 20.1. The predicted octanol–water partition coefficient (Wildman–Crippen LogP) is 1.29. The van der Waals surface area contributed by atoms with Crippen LogP contribution in [0.25, 0.3) is 0 Å². The van der Waals surface area contributed by atoms with Crippen molar-refractivity contribution in [2.24, 2.45) is 4.99 Å². The minimum absolute atomic E-state index is 0. The van der Waals surface area contributed by atoms with E-state index in [0.717, 1.165) is 45.8 Å².